The van der Waals surface area contributed by atoms with Crippen LogP contribution in [-0.4, -0.2) is 35.4 Å². The number of hydrogen-bond acceptors (Lipinski definition) is 5. The Balaban J connectivity index is 1.95. The molecular formula is C19H25NO5. The van der Waals surface area contributed by atoms with Crippen LogP contribution in [-0.2, 0) is 32.1 Å². The standard InChI is InChI=1S/C19H25NO5/c1-3-25-18(24)19(9-4-10-19)17(23)20-13(2)16(22)11-14-5-7-15(12-21)8-6-14/h5-8,13,21H,3-4,9-12H2,1-2H3,(H,20,23). The number of rotatable bonds is 8. The van der Waals surface area contributed by atoms with Gasteiger partial charge in [-0.25, -0.2) is 0 Å². The van der Waals surface area contributed by atoms with E-state index in [2.05, 4.69) is 5.32 Å². The van der Waals surface area contributed by atoms with Crippen LogP contribution < -0.4 is 5.32 Å². The number of esters is 1. The first-order chi connectivity index (χ1) is 11.9. The summed E-state index contributed by atoms with van der Waals surface area (Å²) in [7, 11) is 0. The van der Waals surface area contributed by atoms with Crippen LogP contribution in [0.5, 0.6) is 0 Å². The minimum Gasteiger partial charge on any atom is -0.465 e. The predicted molar refractivity (Wildman–Crippen MR) is 91.6 cm³/mol. The van der Waals surface area contributed by atoms with Gasteiger partial charge in [0.15, 0.2) is 5.78 Å². The highest BCUT2D eigenvalue weighted by Crippen LogP contribution is 2.42. The molecule has 2 rings (SSSR count). The maximum absolute atomic E-state index is 12.5. The van der Waals surface area contributed by atoms with Crippen molar-refractivity contribution in [3.05, 3.63) is 35.4 Å². The summed E-state index contributed by atoms with van der Waals surface area (Å²) in [6, 6.07) is 6.40. The van der Waals surface area contributed by atoms with Crippen LogP contribution in [0.15, 0.2) is 24.3 Å². The largest absolute Gasteiger partial charge is 0.465 e. The van der Waals surface area contributed by atoms with E-state index < -0.39 is 23.3 Å². The summed E-state index contributed by atoms with van der Waals surface area (Å²) in [4.78, 5) is 37.0. The first-order valence-electron chi connectivity index (χ1n) is 8.62. The first-order valence-corrected chi connectivity index (χ1v) is 8.62. The van der Waals surface area contributed by atoms with Crippen LogP contribution in [0.3, 0.4) is 0 Å². The number of hydrogen-bond donors (Lipinski definition) is 2. The third kappa shape index (κ3) is 4.25. The van der Waals surface area contributed by atoms with Crippen molar-refractivity contribution in [1.29, 1.82) is 0 Å². The van der Waals surface area contributed by atoms with Gasteiger partial charge in [-0.05, 0) is 37.8 Å². The fourth-order valence-electron chi connectivity index (χ4n) is 2.86. The molecule has 0 aliphatic heterocycles. The quantitative estimate of drug-likeness (QED) is 0.549. The van der Waals surface area contributed by atoms with Crippen LogP contribution in [0, 0.1) is 5.41 Å². The predicted octanol–water partition coefficient (Wildman–Crippen LogP) is 1.53. The Hall–Kier alpha value is -2.21. The van der Waals surface area contributed by atoms with Gasteiger partial charge in [-0.15, -0.1) is 0 Å². The molecule has 1 unspecified atom stereocenters. The van der Waals surface area contributed by atoms with Gasteiger partial charge in [-0.2, -0.15) is 0 Å². The molecule has 0 heterocycles. The van der Waals surface area contributed by atoms with Gasteiger partial charge in [0.25, 0.3) is 0 Å². The van der Waals surface area contributed by atoms with Gasteiger partial charge in [-0.1, -0.05) is 30.7 Å². The lowest BCUT2D eigenvalue weighted by Gasteiger charge is -2.38. The molecule has 1 fully saturated rings. The SMILES string of the molecule is CCOC(=O)C1(C(=O)NC(C)C(=O)Cc2ccc(CO)cc2)CCC1. The van der Waals surface area contributed by atoms with Crippen molar-refractivity contribution in [2.24, 2.45) is 5.41 Å². The zero-order chi connectivity index (χ0) is 18.4. The number of ketones is 1. The van der Waals surface area contributed by atoms with Crippen molar-refractivity contribution < 1.29 is 24.2 Å². The lowest BCUT2D eigenvalue weighted by atomic mass is 9.68. The molecule has 0 bridgehead atoms. The van der Waals surface area contributed by atoms with Crippen molar-refractivity contribution >= 4 is 17.7 Å². The number of amides is 1. The average Bonchev–Trinajstić information content (AvgIpc) is 2.54. The van der Waals surface area contributed by atoms with E-state index in [1.54, 1.807) is 38.1 Å². The summed E-state index contributed by atoms with van der Waals surface area (Å²) in [6.45, 7) is 3.51. The van der Waals surface area contributed by atoms with E-state index in [1.165, 1.54) is 0 Å². The highest BCUT2D eigenvalue weighted by atomic mass is 16.5. The topological polar surface area (TPSA) is 92.7 Å². The number of nitrogens with one attached hydrogen (secondary N) is 1. The Morgan fingerprint density at radius 2 is 1.80 bits per heavy atom. The number of aliphatic hydroxyl groups excluding tert-OH is 1. The first kappa shape index (κ1) is 19.1. The summed E-state index contributed by atoms with van der Waals surface area (Å²) in [6.07, 6.45) is 1.90. The number of ether oxygens (including phenoxy) is 1. The molecule has 0 aromatic heterocycles. The van der Waals surface area contributed by atoms with Crippen molar-refractivity contribution in [2.45, 2.75) is 52.2 Å². The second kappa shape index (κ2) is 8.25. The fraction of sp³-hybridized carbons (Fsp3) is 0.526. The van der Waals surface area contributed by atoms with E-state index in [4.69, 9.17) is 9.84 Å². The molecule has 0 saturated heterocycles. The maximum Gasteiger partial charge on any atom is 0.321 e. The third-order valence-electron chi connectivity index (χ3n) is 4.72. The molecule has 2 N–H and O–H groups in total. The molecule has 0 radical (unpaired) electrons. The smallest absolute Gasteiger partial charge is 0.321 e. The Morgan fingerprint density at radius 3 is 2.28 bits per heavy atom. The minimum atomic E-state index is -1.13. The molecule has 6 heteroatoms. The normalized spacial score (nSPS) is 16.4. The van der Waals surface area contributed by atoms with Gasteiger partial charge >= 0.3 is 5.97 Å². The van der Waals surface area contributed by atoms with Gasteiger partial charge in [0.1, 0.15) is 5.41 Å². The van der Waals surface area contributed by atoms with Crippen molar-refractivity contribution in [3.8, 4) is 0 Å². The molecular weight excluding hydrogens is 322 g/mol. The molecule has 1 saturated carbocycles. The van der Waals surface area contributed by atoms with E-state index in [-0.39, 0.29) is 25.4 Å². The number of carbonyl (C=O) groups excluding carboxylic acids is 3. The molecule has 1 aliphatic rings. The number of benzene rings is 1. The van der Waals surface area contributed by atoms with Gasteiger partial charge in [0.2, 0.25) is 5.91 Å². The van der Waals surface area contributed by atoms with Crippen LogP contribution in [0.1, 0.15) is 44.2 Å². The lowest BCUT2D eigenvalue weighted by Crippen LogP contribution is -2.55. The van der Waals surface area contributed by atoms with Crippen LogP contribution in [0.4, 0.5) is 0 Å². The second-order valence-corrected chi connectivity index (χ2v) is 6.47. The molecule has 136 valence electrons. The van der Waals surface area contributed by atoms with Crippen LogP contribution >= 0.6 is 0 Å². The molecule has 6 nitrogen and oxygen atoms in total. The molecule has 25 heavy (non-hydrogen) atoms. The van der Waals surface area contributed by atoms with Gasteiger partial charge in [0, 0.05) is 6.42 Å². The molecule has 1 aromatic carbocycles. The Bertz CT molecular complexity index is 634. The molecule has 0 spiro atoms. The highest BCUT2D eigenvalue weighted by molar-refractivity contribution is 6.05. The maximum atomic E-state index is 12.5. The second-order valence-electron chi connectivity index (χ2n) is 6.47. The Labute approximate surface area is 147 Å². The number of carbonyl (C=O) groups is 3. The summed E-state index contributed by atoms with van der Waals surface area (Å²) >= 11 is 0. The Kier molecular flexibility index (Phi) is 6.31. The van der Waals surface area contributed by atoms with E-state index >= 15 is 0 Å². The molecule has 1 amide bonds. The number of aliphatic hydroxyl groups is 1. The van der Waals surface area contributed by atoms with E-state index in [1.807, 2.05) is 0 Å². The van der Waals surface area contributed by atoms with E-state index in [0.717, 1.165) is 17.5 Å². The summed E-state index contributed by atoms with van der Waals surface area (Å²) in [5.41, 5.74) is 0.457. The van der Waals surface area contributed by atoms with Gasteiger partial charge < -0.3 is 15.2 Å². The van der Waals surface area contributed by atoms with Crippen LogP contribution in [0.25, 0.3) is 0 Å². The van der Waals surface area contributed by atoms with Crippen molar-refractivity contribution in [3.63, 3.8) is 0 Å². The lowest BCUT2D eigenvalue weighted by molar-refractivity contribution is -0.167. The zero-order valence-corrected chi connectivity index (χ0v) is 14.7. The Morgan fingerprint density at radius 1 is 1.20 bits per heavy atom. The van der Waals surface area contributed by atoms with E-state index in [9.17, 15) is 14.4 Å². The zero-order valence-electron chi connectivity index (χ0n) is 14.7. The summed E-state index contributed by atoms with van der Waals surface area (Å²) in [5, 5.41) is 11.7. The fourth-order valence-corrected chi connectivity index (χ4v) is 2.86. The summed E-state index contributed by atoms with van der Waals surface area (Å²) < 4.78 is 5.02. The summed E-state index contributed by atoms with van der Waals surface area (Å²) in [5.74, 6) is -1.06. The molecule has 1 aliphatic carbocycles. The van der Waals surface area contributed by atoms with Gasteiger partial charge in [-0.3, -0.25) is 14.4 Å². The average molecular weight is 347 g/mol. The highest BCUT2D eigenvalue weighted by Gasteiger charge is 2.52. The monoisotopic (exact) mass is 347 g/mol. The van der Waals surface area contributed by atoms with Crippen molar-refractivity contribution in [1.82, 2.24) is 5.32 Å². The van der Waals surface area contributed by atoms with Crippen LogP contribution in [0.2, 0.25) is 0 Å². The van der Waals surface area contributed by atoms with E-state index in [0.29, 0.717) is 12.8 Å². The molecule has 1 aromatic rings. The van der Waals surface area contributed by atoms with Gasteiger partial charge in [0.05, 0.1) is 19.3 Å². The number of Topliss-reactive ketones (excluding diaryl/α,β-unsaturated/α-hetero) is 1. The molecule has 1 atom stereocenters. The minimum absolute atomic E-state index is 0.0450. The third-order valence-corrected chi connectivity index (χ3v) is 4.72. The van der Waals surface area contributed by atoms with Crippen molar-refractivity contribution in [2.75, 3.05) is 6.61 Å².